The highest BCUT2D eigenvalue weighted by Crippen LogP contribution is 2.28. The van der Waals surface area contributed by atoms with Crippen LogP contribution in [0, 0.1) is 0 Å². The van der Waals surface area contributed by atoms with Gasteiger partial charge in [-0.1, -0.05) is 17.7 Å². The molecule has 1 aliphatic rings. The topological polar surface area (TPSA) is 45.2 Å². The standard InChI is InChI=1S/C16H15BrClN3O/c17-14-4-3-12(18)8-13(14)16(22)21-7-6-20-10-15(21)11-2-1-5-19-9-11/h1-5,8-9,15,20H,6-7,10H2. The summed E-state index contributed by atoms with van der Waals surface area (Å²) in [4.78, 5) is 19.0. The van der Waals surface area contributed by atoms with Crippen molar-refractivity contribution in [2.24, 2.45) is 0 Å². The van der Waals surface area contributed by atoms with Gasteiger partial charge in [0, 0.05) is 41.5 Å². The van der Waals surface area contributed by atoms with E-state index in [-0.39, 0.29) is 11.9 Å². The van der Waals surface area contributed by atoms with Crippen LogP contribution in [0.1, 0.15) is 22.0 Å². The maximum Gasteiger partial charge on any atom is 0.255 e. The Hall–Kier alpha value is -1.43. The van der Waals surface area contributed by atoms with Gasteiger partial charge in [0.2, 0.25) is 0 Å². The second kappa shape index (κ2) is 6.77. The molecule has 3 rings (SSSR count). The molecule has 0 radical (unpaired) electrons. The fourth-order valence-electron chi connectivity index (χ4n) is 2.63. The van der Waals surface area contributed by atoms with Crippen LogP contribution in [0.4, 0.5) is 0 Å². The predicted octanol–water partition coefficient (Wildman–Crippen LogP) is 3.28. The van der Waals surface area contributed by atoms with E-state index in [0.29, 0.717) is 17.1 Å². The van der Waals surface area contributed by atoms with E-state index in [9.17, 15) is 4.79 Å². The van der Waals surface area contributed by atoms with Crippen LogP contribution in [-0.2, 0) is 0 Å². The average Bonchev–Trinajstić information content (AvgIpc) is 2.57. The molecular weight excluding hydrogens is 366 g/mol. The van der Waals surface area contributed by atoms with Crippen molar-refractivity contribution in [2.75, 3.05) is 19.6 Å². The van der Waals surface area contributed by atoms with Crippen LogP contribution in [0.3, 0.4) is 0 Å². The number of piperazine rings is 1. The summed E-state index contributed by atoms with van der Waals surface area (Å²) >= 11 is 9.48. The van der Waals surface area contributed by atoms with Crippen molar-refractivity contribution < 1.29 is 4.79 Å². The Morgan fingerprint density at radius 2 is 2.27 bits per heavy atom. The van der Waals surface area contributed by atoms with E-state index in [1.807, 2.05) is 23.2 Å². The number of nitrogens with one attached hydrogen (secondary N) is 1. The van der Waals surface area contributed by atoms with E-state index in [2.05, 4.69) is 26.2 Å². The number of pyridine rings is 1. The summed E-state index contributed by atoms with van der Waals surface area (Å²) in [7, 11) is 0. The predicted molar refractivity (Wildman–Crippen MR) is 90.0 cm³/mol. The molecule has 1 aromatic carbocycles. The van der Waals surface area contributed by atoms with Crippen molar-refractivity contribution in [3.8, 4) is 0 Å². The van der Waals surface area contributed by atoms with Crippen LogP contribution < -0.4 is 5.32 Å². The minimum Gasteiger partial charge on any atom is -0.329 e. The van der Waals surface area contributed by atoms with E-state index in [0.717, 1.165) is 23.1 Å². The molecule has 6 heteroatoms. The third-order valence-electron chi connectivity index (χ3n) is 3.73. The summed E-state index contributed by atoms with van der Waals surface area (Å²) in [6.07, 6.45) is 3.55. The molecule has 0 spiro atoms. The Bertz CT molecular complexity index is 680. The molecule has 1 aliphatic heterocycles. The number of carbonyl (C=O) groups excluding carboxylic acids is 1. The third kappa shape index (κ3) is 3.16. The molecule has 1 saturated heterocycles. The molecule has 2 heterocycles. The van der Waals surface area contributed by atoms with E-state index in [4.69, 9.17) is 11.6 Å². The highest BCUT2D eigenvalue weighted by molar-refractivity contribution is 9.10. The summed E-state index contributed by atoms with van der Waals surface area (Å²) in [6, 6.07) is 9.13. The molecule has 1 N–H and O–H groups in total. The van der Waals surface area contributed by atoms with Crippen molar-refractivity contribution in [3.05, 3.63) is 63.3 Å². The molecule has 1 aromatic heterocycles. The van der Waals surface area contributed by atoms with Gasteiger partial charge in [-0.25, -0.2) is 0 Å². The Kier molecular flexibility index (Phi) is 4.76. The summed E-state index contributed by atoms with van der Waals surface area (Å²) < 4.78 is 0.755. The zero-order valence-corrected chi connectivity index (χ0v) is 14.1. The maximum atomic E-state index is 12.9. The Morgan fingerprint density at radius 1 is 1.41 bits per heavy atom. The molecule has 0 saturated carbocycles. The number of halogens is 2. The first-order chi connectivity index (χ1) is 10.7. The summed E-state index contributed by atoms with van der Waals surface area (Å²) in [5.74, 6) is -0.0234. The minimum absolute atomic E-state index is 0.0234. The van der Waals surface area contributed by atoms with E-state index in [1.165, 1.54) is 0 Å². The van der Waals surface area contributed by atoms with E-state index < -0.39 is 0 Å². The third-order valence-corrected chi connectivity index (χ3v) is 4.66. The number of hydrogen-bond acceptors (Lipinski definition) is 3. The lowest BCUT2D eigenvalue weighted by Crippen LogP contribution is -2.48. The van der Waals surface area contributed by atoms with Gasteiger partial charge in [0.15, 0.2) is 0 Å². The number of aromatic nitrogens is 1. The van der Waals surface area contributed by atoms with Crippen LogP contribution in [0.5, 0.6) is 0 Å². The first kappa shape index (κ1) is 15.5. The molecule has 2 aromatic rings. The fraction of sp³-hybridized carbons (Fsp3) is 0.250. The van der Waals surface area contributed by atoms with Gasteiger partial charge >= 0.3 is 0 Å². The van der Waals surface area contributed by atoms with Crippen LogP contribution >= 0.6 is 27.5 Å². The highest BCUT2D eigenvalue weighted by Gasteiger charge is 2.29. The summed E-state index contributed by atoms with van der Waals surface area (Å²) in [5.41, 5.74) is 1.62. The second-order valence-corrected chi connectivity index (χ2v) is 6.42. The number of benzene rings is 1. The maximum absolute atomic E-state index is 12.9. The van der Waals surface area contributed by atoms with Crippen LogP contribution in [0.15, 0.2) is 47.2 Å². The number of amides is 1. The van der Waals surface area contributed by atoms with E-state index >= 15 is 0 Å². The molecule has 0 bridgehead atoms. The van der Waals surface area contributed by atoms with Gasteiger partial charge in [0.1, 0.15) is 0 Å². The van der Waals surface area contributed by atoms with Gasteiger partial charge in [-0.05, 0) is 45.8 Å². The zero-order chi connectivity index (χ0) is 15.5. The largest absolute Gasteiger partial charge is 0.329 e. The second-order valence-electron chi connectivity index (χ2n) is 5.13. The fourth-order valence-corrected chi connectivity index (χ4v) is 3.22. The summed E-state index contributed by atoms with van der Waals surface area (Å²) in [6.45, 7) is 2.15. The van der Waals surface area contributed by atoms with Crippen molar-refractivity contribution in [1.29, 1.82) is 0 Å². The molecule has 4 nitrogen and oxygen atoms in total. The van der Waals surface area contributed by atoms with Crippen LogP contribution in [-0.4, -0.2) is 35.4 Å². The van der Waals surface area contributed by atoms with Crippen molar-refractivity contribution >= 4 is 33.4 Å². The molecule has 0 aliphatic carbocycles. The van der Waals surface area contributed by atoms with Gasteiger partial charge < -0.3 is 10.2 Å². The lowest BCUT2D eigenvalue weighted by Gasteiger charge is -2.36. The zero-order valence-electron chi connectivity index (χ0n) is 11.8. The average molecular weight is 381 g/mol. The number of nitrogens with zero attached hydrogens (tertiary/aromatic N) is 2. The normalized spacial score (nSPS) is 18.3. The van der Waals surface area contributed by atoms with Crippen molar-refractivity contribution in [3.63, 3.8) is 0 Å². The lowest BCUT2D eigenvalue weighted by molar-refractivity contribution is 0.0633. The summed E-state index contributed by atoms with van der Waals surface area (Å²) in [5, 5.41) is 3.89. The van der Waals surface area contributed by atoms with Crippen molar-refractivity contribution in [1.82, 2.24) is 15.2 Å². The Labute approximate surface area is 142 Å². The first-order valence-corrected chi connectivity index (χ1v) is 8.20. The minimum atomic E-state index is -0.0270. The molecular formula is C16H15BrClN3O. The van der Waals surface area contributed by atoms with Crippen LogP contribution in [0.25, 0.3) is 0 Å². The first-order valence-electron chi connectivity index (χ1n) is 7.03. The SMILES string of the molecule is O=C(c1cc(Cl)ccc1Br)N1CCNCC1c1cccnc1. The Balaban J connectivity index is 1.93. The van der Waals surface area contributed by atoms with Gasteiger partial charge in [0.25, 0.3) is 5.91 Å². The van der Waals surface area contributed by atoms with Gasteiger partial charge in [-0.2, -0.15) is 0 Å². The monoisotopic (exact) mass is 379 g/mol. The van der Waals surface area contributed by atoms with Gasteiger partial charge in [-0.15, -0.1) is 0 Å². The number of hydrogen-bond donors (Lipinski definition) is 1. The molecule has 1 atom stereocenters. The quantitative estimate of drug-likeness (QED) is 0.869. The Morgan fingerprint density at radius 3 is 3.05 bits per heavy atom. The van der Waals surface area contributed by atoms with E-state index in [1.54, 1.807) is 24.4 Å². The number of carbonyl (C=O) groups is 1. The molecule has 22 heavy (non-hydrogen) atoms. The van der Waals surface area contributed by atoms with Crippen LogP contribution in [0.2, 0.25) is 5.02 Å². The molecule has 114 valence electrons. The molecule has 1 amide bonds. The lowest BCUT2D eigenvalue weighted by atomic mass is 10.0. The smallest absolute Gasteiger partial charge is 0.255 e. The highest BCUT2D eigenvalue weighted by atomic mass is 79.9. The molecule has 1 fully saturated rings. The van der Waals surface area contributed by atoms with Crippen molar-refractivity contribution in [2.45, 2.75) is 6.04 Å². The number of rotatable bonds is 2. The molecule has 1 unspecified atom stereocenters. The van der Waals surface area contributed by atoms with Gasteiger partial charge in [0.05, 0.1) is 11.6 Å². The van der Waals surface area contributed by atoms with Gasteiger partial charge in [-0.3, -0.25) is 9.78 Å².